The highest BCUT2D eigenvalue weighted by atomic mass is 35.5. The number of amides is 1. The van der Waals surface area contributed by atoms with Crippen LogP contribution in [0.4, 0.5) is 0 Å². The smallest absolute Gasteiger partial charge is 0.223 e. The zero-order chi connectivity index (χ0) is 13.5. The van der Waals surface area contributed by atoms with Crippen molar-refractivity contribution < 1.29 is 9.53 Å². The topological polar surface area (TPSA) is 50.4 Å². The van der Waals surface area contributed by atoms with Crippen LogP contribution >= 0.6 is 12.4 Å². The zero-order valence-electron chi connectivity index (χ0n) is 11.8. The second kappa shape index (κ2) is 8.95. The summed E-state index contributed by atoms with van der Waals surface area (Å²) in [6.45, 7) is 5.63. The minimum atomic E-state index is 0. The van der Waals surface area contributed by atoms with E-state index in [1.165, 1.54) is 0 Å². The molecule has 1 atom stereocenters. The van der Waals surface area contributed by atoms with Gasteiger partial charge >= 0.3 is 0 Å². The van der Waals surface area contributed by atoms with Crippen LogP contribution in [-0.4, -0.2) is 32.1 Å². The van der Waals surface area contributed by atoms with Gasteiger partial charge in [0.2, 0.25) is 5.91 Å². The van der Waals surface area contributed by atoms with Gasteiger partial charge in [-0.3, -0.25) is 4.79 Å². The monoisotopic (exact) mass is 298 g/mol. The van der Waals surface area contributed by atoms with E-state index in [9.17, 15) is 4.79 Å². The standard InChI is InChI=1S/C15H22N2O2.ClH/c1-12(14-9-16-10-14)15(18)17-7-8-19-11-13-5-3-2-4-6-13;/h2-6,12,14,16H,7-11H2,1H3,(H,17,18);1H. The molecule has 0 saturated carbocycles. The van der Waals surface area contributed by atoms with Crippen LogP contribution in [0.1, 0.15) is 12.5 Å². The lowest BCUT2D eigenvalue weighted by molar-refractivity contribution is -0.126. The lowest BCUT2D eigenvalue weighted by atomic mass is 9.88. The predicted molar refractivity (Wildman–Crippen MR) is 81.9 cm³/mol. The SMILES string of the molecule is CC(C(=O)NCCOCc1ccccc1)C1CNC1.Cl. The van der Waals surface area contributed by atoms with Crippen LogP contribution in [0, 0.1) is 11.8 Å². The summed E-state index contributed by atoms with van der Waals surface area (Å²) in [7, 11) is 0. The van der Waals surface area contributed by atoms with Gasteiger partial charge in [-0.1, -0.05) is 37.3 Å². The molecule has 5 heteroatoms. The van der Waals surface area contributed by atoms with Gasteiger partial charge in [-0.2, -0.15) is 0 Å². The Bertz CT molecular complexity index is 396. The van der Waals surface area contributed by atoms with Crippen LogP contribution < -0.4 is 10.6 Å². The minimum Gasteiger partial charge on any atom is -0.375 e. The van der Waals surface area contributed by atoms with Crippen molar-refractivity contribution in [3.05, 3.63) is 35.9 Å². The third-order valence-electron chi connectivity index (χ3n) is 3.59. The fourth-order valence-electron chi connectivity index (χ4n) is 2.05. The number of hydrogen-bond donors (Lipinski definition) is 2. The number of ether oxygens (including phenoxy) is 1. The molecule has 2 N–H and O–H groups in total. The van der Waals surface area contributed by atoms with Gasteiger partial charge in [-0.05, 0) is 24.6 Å². The van der Waals surface area contributed by atoms with E-state index in [1.807, 2.05) is 37.3 Å². The molecule has 1 aliphatic rings. The van der Waals surface area contributed by atoms with Crippen molar-refractivity contribution in [3.8, 4) is 0 Å². The highest BCUT2D eigenvalue weighted by molar-refractivity contribution is 5.85. The molecule has 1 aliphatic heterocycles. The molecule has 1 amide bonds. The molecule has 2 rings (SSSR count). The molecule has 1 aromatic rings. The van der Waals surface area contributed by atoms with Gasteiger partial charge in [0.1, 0.15) is 0 Å². The Morgan fingerprint density at radius 3 is 2.70 bits per heavy atom. The van der Waals surface area contributed by atoms with Crippen molar-refractivity contribution in [2.24, 2.45) is 11.8 Å². The van der Waals surface area contributed by atoms with E-state index in [0.29, 0.717) is 25.7 Å². The maximum Gasteiger partial charge on any atom is 0.223 e. The molecule has 1 aromatic carbocycles. The first-order valence-corrected chi connectivity index (χ1v) is 6.87. The van der Waals surface area contributed by atoms with Crippen LogP contribution in [0.15, 0.2) is 30.3 Å². The highest BCUT2D eigenvalue weighted by Crippen LogP contribution is 2.15. The van der Waals surface area contributed by atoms with Crippen molar-refractivity contribution >= 4 is 18.3 Å². The van der Waals surface area contributed by atoms with Gasteiger partial charge in [0.25, 0.3) is 0 Å². The molecule has 20 heavy (non-hydrogen) atoms. The van der Waals surface area contributed by atoms with Crippen LogP contribution in [0.5, 0.6) is 0 Å². The summed E-state index contributed by atoms with van der Waals surface area (Å²) in [5.41, 5.74) is 1.16. The number of hydrogen-bond acceptors (Lipinski definition) is 3. The Kier molecular flexibility index (Phi) is 7.59. The fraction of sp³-hybridized carbons (Fsp3) is 0.533. The van der Waals surface area contributed by atoms with E-state index < -0.39 is 0 Å². The average molecular weight is 299 g/mol. The third-order valence-corrected chi connectivity index (χ3v) is 3.59. The summed E-state index contributed by atoms with van der Waals surface area (Å²) in [4.78, 5) is 11.8. The Morgan fingerprint density at radius 2 is 2.10 bits per heavy atom. The highest BCUT2D eigenvalue weighted by Gasteiger charge is 2.28. The molecule has 1 saturated heterocycles. The summed E-state index contributed by atoms with van der Waals surface area (Å²) in [6.07, 6.45) is 0. The molecular formula is C15H23ClN2O2. The summed E-state index contributed by atoms with van der Waals surface area (Å²) in [6, 6.07) is 10.0. The number of carbonyl (C=O) groups excluding carboxylic acids is 1. The Hall–Kier alpha value is -1.10. The van der Waals surface area contributed by atoms with Gasteiger partial charge in [0.05, 0.1) is 13.2 Å². The van der Waals surface area contributed by atoms with Crippen LogP contribution in [0.2, 0.25) is 0 Å². The molecule has 0 aromatic heterocycles. The summed E-state index contributed by atoms with van der Waals surface area (Å²) < 4.78 is 5.52. The average Bonchev–Trinajstić information content (AvgIpc) is 2.37. The summed E-state index contributed by atoms with van der Waals surface area (Å²) in [5.74, 6) is 0.718. The molecule has 112 valence electrons. The van der Waals surface area contributed by atoms with E-state index in [1.54, 1.807) is 0 Å². The van der Waals surface area contributed by atoms with E-state index in [2.05, 4.69) is 10.6 Å². The van der Waals surface area contributed by atoms with Crippen molar-refractivity contribution in [2.75, 3.05) is 26.2 Å². The molecule has 0 radical (unpaired) electrons. The molecule has 1 unspecified atom stereocenters. The van der Waals surface area contributed by atoms with E-state index in [4.69, 9.17) is 4.74 Å². The van der Waals surface area contributed by atoms with Crippen LogP contribution in [0.3, 0.4) is 0 Å². The van der Waals surface area contributed by atoms with E-state index >= 15 is 0 Å². The first-order chi connectivity index (χ1) is 9.27. The molecule has 0 bridgehead atoms. The second-order valence-corrected chi connectivity index (χ2v) is 5.04. The lowest BCUT2D eigenvalue weighted by Gasteiger charge is -2.31. The van der Waals surface area contributed by atoms with E-state index in [-0.39, 0.29) is 24.2 Å². The van der Waals surface area contributed by atoms with Crippen LogP contribution in [-0.2, 0) is 16.1 Å². The third kappa shape index (κ3) is 5.12. The van der Waals surface area contributed by atoms with Gasteiger partial charge in [-0.25, -0.2) is 0 Å². The largest absolute Gasteiger partial charge is 0.375 e. The predicted octanol–water partition coefficient (Wildman–Crippen LogP) is 1.60. The first-order valence-electron chi connectivity index (χ1n) is 6.87. The van der Waals surface area contributed by atoms with Crippen molar-refractivity contribution in [3.63, 3.8) is 0 Å². The number of benzene rings is 1. The molecule has 0 spiro atoms. The van der Waals surface area contributed by atoms with Gasteiger partial charge in [0.15, 0.2) is 0 Å². The summed E-state index contributed by atoms with van der Waals surface area (Å²) in [5, 5.41) is 6.11. The number of nitrogens with one attached hydrogen (secondary N) is 2. The quantitative estimate of drug-likeness (QED) is 0.752. The number of carbonyl (C=O) groups is 1. The molecule has 0 aliphatic carbocycles. The second-order valence-electron chi connectivity index (χ2n) is 5.04. The lowest BCUT2D eigenvalue weighted by Crippen LogP contribution is -2.49. The first kappa shape index (κ1) is 17.0. The molecular weight excluding hydrogens is 276 g/mol. The molecule has 1 fully saturated rings. The van der Waals surface area contributed by atoms with Gasteiger partial charge in [0, 0.05) is 12.5 Å². The Balaban J connectivity index is 0.00000200. The molecule has 1 heterocycles. The van der Waals surface area contributed by atoms with Crippen molar-refractivity contribution in [2.45, 2.75) is 13.5 Å². The number of rotatable bonds is 7. The minimum absolute atomic E-state index is 0. The van der Waals surface area contributed by atoms with E-state index in [0.717, 1.165) is 18.7 Å². The Labute approximate surface area is 126 Å². The van der Waals surface area contributed by atoms with Crippen molar-refractivity contribution in [1.29, 1.82) is 0 Å². The van der Waals surface area contributed by atoms with Crippen molar-refractivity contribution in [1.82, 2.24) is 10.6 Å². The Morgan fingerprint density at radius 1 is 1.40 bits per heavy atom. The fourth-order valence-corrected chi connectivity index (χ4v) is 2.05. The number of halogens is 1. The van der Waals surface area contributed by atoms with Gasteiger partial charge < -0.3 is 15.4 Å². The normalized spacial score (nSPS) is 15.8. The molecule has 4 nitrogen and oxygen atoms in total. The van der Waals surface area contributed by atoms with Gasteiger partial charge in [-0.15, -0.1) is 12.4 Å². The maximum atomic E-state index is 11.8. The zero-order valence-corrected chi connectivity index (χ0v) is 12.6. The maximum absolute atomic E-state index is 11.8. The van der Waals surface area contributed by atoms with Crippen LogP contribution in [0.25, 0.3) is 0 Å². The summed E-state index contributed by atoms with van der Waals surface area (Å²) >= 11 is 0.